The molecule has 12 heavy (non-hydrogen) atoms. The van der Waals surface area contributed by atoms with E-state index < -0.39 is 0 Å². The predicted octanol–water partition coefficient (Wildman–Crippen LogP) is 1.25. The molecule has 0 saturated heterocycles. The summed E-state index contributed by atoms with van der Waals surface area (Å²) in [4.78, 5) is 7.19. The highest BCUT2D eigenvalue weighted by Gasteiger charge is 2.19. The third kappa shape index (κ3) is 2.53. The highest BCUT2D eigenvalue weighted by molar-refractivity contribution is 7.99. The van der Waals surface area contributed by atoms with Crippen LogP contribution in [-0.2, 0) is 0 Å². The van der Waals surface area contributed by atoms with E-state index in [0.717, 1.165) is 23.5 Å². The normalized spacial score (nSPS) is 16.7. The van der Waals surface area contributed by atoms with Gasteiger partial charge in [0.25, 0.3) is 0 Å². The summed E-state index contributed by atoms with van der Waals surface area (Å²) >= 11 is 1.77. The Hall–Kier alpha value is -0.480. The van der Waals surface area contributed by atoms with Gasteiger partial charge in [0.05, 0.1) is 0 Å². The van der Waals surface area contributed by atoms with Crippen LogP contribution in [0.4, 0.5) is 0 Å². The molecule has 1 fully saturated rings. The quantitative estimate of drug-likeness (QED) is 0.533. The number of aromatic amines is 1. The molecule has 66 valence electrons. The van der Waals surface area contributed by atoms with Crippen LogP contribution in [0.1, 0.15) is 12.8 Å². The smallest absolute Gasteiger partial charge is 0.165 e. The summed E-state index contributed by atoms with van der Waals surface area (Å²) < 4.78 is 0. The van der Waals surface area contributed by atoms with Gasteiger partial charge in [-0.1, -0.05) is 11.8 Å². The van der Waals surface area contributed by atoms with Gasteiger partial charge < -0.3 is 10.3 Å². The van der Waals surface area contributed by atoms with E-state index in [4.69, 9.17) is 0 Å². The molecular formula is C8H13N3S. The number of hydrogen-bond acceptors (Lipinski definition) is 3. The average Bonchev–Trinajstić information content (AvgIpc) is 2.76. The molecule has 1 aliphatic rings. The molecule has 1 aliphatic carbocycles. The number of nitrogens with zero attached hydrogens (tertiary/aromatic N) is 1. The van der Waals surface area contributed by atoms with Gasteiger partial charge >= 0.3 is 0 Å². The minimum Gasteiger partial charge on any atom is -0.340 e. The maximum absolute atomic E-state index is 4.13. The van der Waals surface area contributed by atoms with Gasteiger partial charge in [0.15, 0.2) is 5.16 Å². The average molecular weight is 183 g/mol. The second-order valence-electron chi connectivity index (χ2n) is 2.97. The predicted molar refractivity (Wildman–Crippen MR) is 50.3 cm³/mol. The summed E-state index contributed by atoms with van der Waals surface area (Å²) in [5, 5.41) is 4.48. The first-order valence-corrected chi connectivity index (χ1v) is 5.29. The molecule has 1 aromatic heterocycles. The van der Waals surface area contributed by atoms with Gasteiger partial charge in [0.1, 0.15) is 0 Å². The molecule has 0 spiro atoms. The second-order valence-corrected chi connectivity index (χ2v) is 4.05. The third-order valence-electron chi connectivity index (χ3n) is 1.82. The van der Waals surface area contributed by atoms with Gasteiger partial charge in [-0.3, -0.25) is 0 Å². The van der Waals surface area contributed by atoms with Crippen LogP contribution in [-0.4, -0.2) is 28.3 Å². The molecule has 1 aromatic rings. The number of hydrogen-bond donors (Lipinski definition) is 2. The summed E-state index contributed by atoms with van der Waals surface area (Å²) in [6.07, 6.45) is 6.38. The fourth-order valence-corrected chi connectivity index (χ4v) is 1.73. The van der Waals surface area contributed by atoms with Crippen LogP contribution in [0, 0.1) is 0 Å². The van der Waals surface area contributed by atoms with Crippen LogP contribution in [0.5, 0.6) is 0 Å². The van der Waals surface area contributed by atoms with Crippen LogP contribution >= 0.6 is 11.8 Å². The molecule has 0 radical (unpaired) electrons. The van der Waals surface area contributed by atoms with Crippen LogP contribution < -0.4 is 5.32 Å². The molecule has 4 heteroatoms. The van der Waals surface area contributed by atoms with Crippen LogP contribution in [0.25, 0.3) is 0 Å². The zero-order valence-electron chi connectivity index (χ0n) is 6.92. The van der Waals surface area contributed by atoms with Crippen molar-refractivity contribution in [3.63, 3.8) is 0 Å². The Morgan fingerprint density at radius 2 is 2.58 bits per heavy atom. The lowest BCUT2D eigenvalue weighted by atomic mass is 10.6. The Bertz CT molecular complexity index is 218. The minimum atomic E-state index is 0.821. The van der Waals surface area contributed by atoms with Gasteiger partial charge in [-0.2, -0.15) is 0 Å². The van der Waals surface area contributed by atoms with Gasteiger partial charge in [0, 0.05) is 30.7 Å². The number of nitrogens with one attached hydrogen (secondary N) is 2. The molecule has 2 rings (SSSR count). The van der Waals surface area contributed by atoms with E-state index >= 15 is 0 Å². The summed E-state index contributed by atoms with van der Waals surface area (Å²) in [5.41, 5.74) is 0. The molecule has 0 aromatic carbocycles. The number of rotatable bonds is 5. The van der Waals surface area contributed by atoms with Crippen molar-refractivity contribution in [1.29, 1.82) is 0 Å². The standard InChI is InChI=1S/C8H13N3S/c1-2-7(1)9-5-6-12-8-10-3-4-11-8/h3-4,7,9H,1-2,5-6H2,(H,10,11). The van der Waals surface area contributed by atoms with Gasteiger partial charge in [0.2, 0.25) is 0 Å². The number of thioether (sulfide) groups is 1. The maximum atomic E-state index is 4.13. The first-order valence-electron chi connectivity index (χ1n) is 4.31. The first kappa shape index (κ1) is 8.13. The summed E-state index contributed by atoms with van der Waals surface area (Å²) in [6, 6.07) is 0.821. The van der Waals surface area contributed by atoms with Crippen molar-refractivity contribution in [3.05, 3.63) is 12.4 Å². The van der Waals surface area contributed by atoms with Gasteiger partial charge in [-0.25, -0.2) is 4.98 Å². The largest absolute Gasteiger partial charge is 0.340 e. The SMILES string of the molecule is c1c[nH]c(SCCNC2CC2)n1. The minimum absolute atomic E-state index is 0.821. The molecule has 0 atom stereocenters. The number of H-pyrrole nitrogens is 1. The topological polar surface area (TPSA) is 40.7 Å². The fraction of sp³-hybridized carbons (Fsp3) is 0.625. The van der Waals surface area contributed by atoms with Crippen molar-refractivity contribution >= 4 is 11.8 Å². The van der Waals surface area contributed by atoms with Crippen molar-refractivity contribution in [2.75, 3.05) is 12.3 Å². The highest BCUT2D eigenvalue weighted by atomic mass is 32.2. The van der Waals surface area contributed by atoms with E-state index in [1.165, 1.54) is 12.8 Å². The van der Waals surface area contributed by atoms with Crippen LogP contribution in [0.2, 0.25) is 0 Å². The van der Waals surface area contributed by atoms with Crippen molar-refractivity contribution in [3.8, 4) is 0 Å². The first-order chi connectivity index (χ1) is 5.95. The maximum Gasteiger partial charge on any atom is 0.165 e. The molecule has 1 saturated carbocycles. The van der Waals surface area contributed by atoms with E-state index in [1.54, 1.807) is 18.0 Å². The van der Waals surface area contributed by atoms with E-state index in [1.807, 2.05) is 6.20 Å². The van der Waals surface area contributed by atoms with Crippen molar-refractivity contribution in [2.45, 2.75) is 24.0 Å². The Labute approximate surface area is 76.4 Å². The zero-order valence-corrected chi connectivity index (χ0v) is 7.73. The van der Waals surface area contributed by atoms with Crippen LogP contribution in [0.15, 0.2) is 17.6 Å². The number of aromatic nitrogens is 2. The lowest BCUT2D eigenvalue weighted by Gasteiger charge is -1.99. The monoisotopic (exact) mass is 183 g/mol. The highest BCUT2D eigenvalue weighted by Crippen LogP contribution is 2.18. The van der Waals surface area contributed by atoms with E-state index in [9.17, 15) is 0 Å². The lowest BCUT2D eigenvalue weighted by Crippen LogP contribution is -2.19. The summed E-state index contributed by atoms with van der Waals surface area (Å²) in [5.74, 6) is 1.10. The van der Waals surface area contributed by atoms with E-state index in [-0.39, 0.29) is 0 Å². The van der Waals surface area contributed by atoms with Crippen LogP contribution in [0.3, 0.4) is 0 Å². The summed E-state index contributed by atoms with van der Waals surface area (Å²) in [7, 11) is 0. The molecule has 0 unspecified atom stereocenters. The molecular weight excluding hydrogens is 170 g/mol. The van der Waals surface area contributed by atoms with E-state index in [2.05, 4.69) is 15.3 Å². The summed E-state index contributed by atoms with van der Waals surface area (Å²) in [6.45, 7) is 1.09. The fourth-order valence-electron chi connectivity index (χ4n) is 1.03. The van der Waals surface area contributed by atoms with Crippen molar-refractivity contribution < 1.29 is 0 Å². The molecule has 3 nitrogen and oxygen atoms in total. The Morgan fingerprint density at radius 1 is 1.67 bits per heavy atom. The lowest BCUT2D eigenvalue weighted by molar-refractivity contribution is 0.725. The molecule has 2 N–H and O–H groups in total. The second kappa shape index (κ2) is 3.96. The van der Waals surface area contributed by atoms with E-state index in [0.29, 0.717) is 0 Å². The van der Waals surface area contributed by atoms with Gasteiger partial charge in [-0.05, 0) is 12.8 Å². The van der Waals surface area contributed by atoms with Crippen molar-refractivity contribution in [1.82, 2.24) is 15.3 Å². The zero-order chi connectivity index (χ0) is 8.23. The Kier molecular flexibility index (Phi) is 2.68. The molecule has 0 bridgehead atoms. The molecule has 0 amide bonds. The molecule has 0 aliphatic heterocycles. The Balaban J connectivity index is 1.56. The van der Waals surface area contributed by atoms with Crippen molar-refractivity contribution in [2.24, 2.45) is 0 Å². The van der Waals surface area contributed by atoms with Gasteiger partial charge in [-0.15, -0.1) is 0 Å². The third-order valence-corrected chi connectivity index (χ3v) is 2.73. The molecule has 1 heterocycles. The number of imidazole rings is 1. The Morgan fingerprint density at radius 3 is 3.25 bits per heavy atom.